The highest BCUT2D eigenvalue weighted by atomic mass is 16.5. The number of aliphatic hydroxyl groups excluding tert-OH is 1. The number of aromatic nitrogens is 5. The van der Waals surface area contributed by atoms with E-state index in [1.165, 1.54) is 7.11 Å². The molecule has 1 saturated carbocycles. The largest absolute Gasteiger partial charge is 0.463 e. The van der Waals surface area contributed by atoms with Crippen LogP contribution in [0.1, 0.15) is 29.5 Å². The van der Waals surface area contributed by atoms with Crippen molar-refractivity contribution in [1.82, 2.24) is 24.3 Å². The zero-order valence-electron chi connectivity index (χ0n) is 16.5. The van der Waals surface area contributed by atoms with Crippen molar-refractivity contribution in [3.8, 4) is 0 Å². The van der Waals surface area contributed by atoms with Crippen molar-refractivity contribution >= 4 is 23.0 Å². The number of aliphatic hydroxyl groups is 1. The standard InChI is InChI=1S/C20H24N6O3/c1-24-20(22-18(23-24)19(28)29-2)25-9-12-7-16(17(27)8-13(12)10-25)26-11-21-14-5-3-4-6-15(14)26/h3-6,11-13,16-17,27H,7-10H2,1-2H3/t12-,13+,16-,17-/m1/s1. The highest BCUT2D eigenvalue weighted by Crippen LogP contribution is 2.43. The molecule has 1 aromatic carbocycles. The Kier molecular flexibility index (Phi) is 4.27. The topological polar surface area (TPSA) is 98.3 Å². The van der Waals surface area contributed by atoms with E-state index in [0.29, 0.717) is 17.8 Å². The minimum Gasteiger partial charge on any atom is -0.463 e. The number of hydrogen-bond donors (Lipinski definition) is 1. The molecule has 4 atom stereocenters. The van der Waals surface area contributed by atoms with Crippen LogP contribution in [0.4, 0.5) is 5.95 Å². The van der Waals surface area contributed by atoms with Crippen molar-refractivity contribution in [2.24, 2.45) is 18.9 Å². The van der Waals surface area contributed by atoms with E-state index in [1.807, 2.05) is 24.5 Å². The summed E-state index contributed by atoms with van der Waals surface area (Å²) < 4.78 is 8.48. The number of carbonyl (C=O) groups excluding carboxylic acids is 1. The van der Waals surface area contributed by atoms with E-state index >= 15 is 0 Å². The van der Waals surface area contributed by atoms with Crippen LogP contribution in [0.2, 0.25) is 0 Å². The Morgan fingerprint density at radius 3 is 2.76 bits per heavy atom. The van der Waals surface area contributed by atoms with Gasteiger partial charge in [-0.1, -0.05) is 12.1 Å². The summed E-state index contributed by atoms with van der Waals surface area (Å²) in [5.74, 6) is 1.02. The lowest BCUT2D eigenvalue weighted by Crippen LogP contribution is -2.36. The summed E-state index contributed by atoms with van der Waals surface area (Å²) in [6, 6.07) is 8.03. The van der Waals surface area contributed by atoms with E-state index in [1.54, 1.807) is 11.7 Å². The molecule has 5 rings (SSSR count). The average molecular weight is 396 g/mol. The average Bonchev–Trinajstić information content (AvgIpc) is 3.42. The third kappa shape index (κ3) is 2.96. The quantitative estimate of drug-likeness (QED) is 0.668. The third-order valence-electron chi connectivity index (χ3n) is 6.34. The first kappa shape index (κ1) is 18.1. The Bertz CT molecular complexity index is 1060. The number of carbonyl (C=O) groups is 1. The van der Waals surface area contributed by atoms with Gasteiger partial charge in [0, 0.05) is 20.1 Å². The first-order chi connectivity index (χ1) is 14.0. The van der Waals surface area contributed by atoms with Crippen LogP contribution in [0.15, 0.2) is 30.6 Å². The van der Waals surface area contributed by atoms with Crippen molar-refractivity contribution in [1.29, 1.82) is 0 Å². The van der Waals surface area contributed by atoms with Gasteiger partial charge < -0.3 is 19.3 Å². The van der Waals surface area contributed by atoms with Crippen molar-refractivity contribution in [2.45, 2.75) is 25.0 Å². The summed E-state index contributed by atoms with van der Waals surface area (Å²) in [5.41, 5.74) is 2.00. The van der Waals surface area contributed by atoms with Crippen molar-refractivity contribution < 1.29 is 14.6 Å². The van der Waals surface area contributed by atoms with Gasteiger partial charge in [-0.25, -0.2) is 14.5 Å². The fourth-order valence-corrected chi connectivity index (χ4v) is 4.94. The first-order valence-electron chi connectivity index (χ1n) is 9.89. The number of imidazole rings is 1. The minimum atomic E-state index is -0.536. The summed E-state index contributed by atoms with van der Waals surface area (Å²) in [6.07, 6.45) is 3.04. The highest BCUT2D eigenvalue weighted by molar-refractivity contribution is 5.85. The Labute approximate surface area is 167 Å². The maximum absolute atomic E-state index is 11.7. The molecule has 2 aliphatic rings. The number of nitrogens with zero attached hydrogens (tertiary/aromatic N) is 6. The van der Waals surface area contributed by atoms with Gasteiger partial charge in [-0.2, -0.15) is 4.98 Å². The molecule has 1 aliphatic heterocycles. The fourth-order valence-electron chi connectivity index (χ4n) is 4.94. The van der Waals surface area contributed by atoms with Crippen LogP contribution in [-0.4, -0.2) is 61.7 Å². The predicted molar refractivity (Wildman–Crippen MR) is 106 cm³/mol. The number of hydrogen-bond acceptors (Lipinski definition) is 7. The summed E-state index contributed by atoms with van der Waals surface area (Å²) in [5, 5.41) is 15.1. The summed E-state index contributed by atoms with van der Waals surface area (Å²) in [6.45, 7) is 1.62. The summed E-state index contributed by atoms with van der Waals surface area (Å²) >= 11 is 0. The fraction of sp³-hybridized carbons (Fsp3) is 0.500. The molecule has 9 heteroatoms. The molecule has 3 aromatic rings. The molecule has 9 nitrogen and oxygen atoms in total. The lowest BCUT2D eigenvalue weighted by molar-refractivity contribution is 0.0375. The molecular weight excluding hydrogens is 372 g/mol. The van der Waals surface area contributed by atoms with E-state index in [-0.39, 0.29) is 11.9 Å². The number of anilines is 1. The van der Waals surface area contributed by atoms with Gasteiger partial charge in [-0.05, 0) is 36.8 Å². The minimum absolute atomic E-state index is 0.00808. The van der Waals surface area contributed by atoms with Gasteiger partial charge in [0.1, 0.15) is 0 Å². The van der Waals surface area contributed by atoms with Crippen LogP contribution in [0.3, 0.4) is 0 Å². The van der Waals surface area contributed by atoms with Crippen molar-refractivity contribution in [3.63, 3.8) is 0 Å². The van der Waals surface area contributed by atoms with Crippen LogP contribution in [0.5, 0.6) is 0 Å². The van der Waals surface area contributed by atoms with Gasteiger partial charge >= 0.3 is 5.97 Å². The van der Waals surface area contributed by atoms with Gasteiger partial charge in [-0.15, -0.1) is 5.10 Å². The van der Waals surface area contributed by atoms with Gasteiger partial charge in [-0.3, -0.25) is 0 Å². The zero-order valence-corrected chi connectivity index (χ0v) is 16.5. The van der Waals surface area contributed by atoms with E-state index in [9.17, 15) is 9.90 Å². The second-order valence-electron chi connectivity index (χ2n) is 8.02. The molecule has 0 radical (unpaired) electrons. The summed E-state index contributed by atoms with van der Waals surface area (Å²) in [4.78, 5) is 22.8. The molecule has 0 spiro atoms. The first-order valence-corrected chi connectivity index (χ1v) is 9.89. The normalized spacial score (nSPS) is 26.7. The lowest BCUT2D eigenvalue weighted by Gasteiger charge is -2.36. The molecule has 0 bridgehead atoms. The molecule has 152 valence electrons. The lowest BCUT2D eigenvalue weighted by atomic mass is 9.77. The maximum atomic E-state index is 11.7. The molecule has 1 aliphatic carbocycles. The van der Waals surface area contributed by atoms with Crippen LogP contribution >= 0.6 is 0 Å². The number of methoxy groups -OCH3 is 1. The van der Waals surface area contributed by atoms with Crippen molar-refractivity contribution in [3.05, 3.63) is 36.4 Å². The van der Waals surface area contributed by atoms with Crippen LogP contribution in [0, 0.1) is 11.8 Å². The number of rotatable bonds is 3. The van der Waals surface area contributed by atoms with E-state index in [2.05, 4.69) is 30.6 Å². The number of aryl methyl sites for hydroxylation is 1. The number of ether oxygens (including phenoxy) is 1. The maximum Gasteiger partial charge on any atom is 0.378 e. The Morgan fingerprint density at radius 1 is 1.21 bits per heavy atom. The Hall–Kier alpha value is -2.94. The molecule has 2 aromatic heterocycles. The second-order valence-corrected chi connectivity index (χ2v) is 8.02. The molecule has 0 amide bonds. The number of esters is 1. The molecule has 1 N–H and O–H groups in total. The Balaban J connectivity index is 1.38. The van der Waals surface area contributed by atoms with Crippen LogP contribution in [0.25, 0.3) is 11.0 Å². The number of para-hydroxylation sites is 2. The smallest absolute Gasteiger partial charge is 0.378 e. The highest BCUT2D eigenvalue weighted by Gasteiger charge is 2.43. The molecular formula is C20H24N6O3. The van der Waals surface area contributed by atoms with E-state index in [4.69, 9.17) is 4.74 Å². The van der Waals surface area contributed by atoms with Gasteiger partial charge in [0.25, 0.3) is 5.82 Å². The molecule has 0 unspecified atom stereocenters. The predicted octanol–water partition coefficient (Wildman–Crippen LogP) is 1.40. The zero-order chi connectivity index (χ0) is 20.1. The third-order valence-corrected chi connectivity index (χ3v) is 6.34. The SMILES string of the molecule is COC(=O)c1nc(N2C[C@H]3C[C@@H](n4cnc5ccccc54)[C@H](O)C[C@H]3C2)n(C)n1. The second kappa shape index (κ2) is 6.84. The monoisotopic (exact) mass is 396 g/mol. The molecule has 3 heterocycles. The summed E-state index contributed by atoms with van der Waals surface area (Å²) in [7, 11) is 3.11. The molecule has 1 saturated heterocycles. The van der Waals surface area contributed by atoms with Gasteiger partial charge in [0.05, 0.1) is 36.6 Å². The van der Waals surface area contributed by atoms with E-state index < -0.39 is 12.1 Å². The van der Waals surface area contributed by atoms with Crippen molar-refractivity contribution in [2.75, 3.05) is 25.1 Å². The van der Waals surface area contributed by atoms with Gasteiger partial charge in [0.15, 0.2) is 0 Å². The van der Waals surface area contributed by atoms with Crippen LogP contribution in [-0.2, 0) is 11.8 Å². The number of benzene rings is 1. The van der Waals surface area contributed by atoms with E-state index in [0.717, 1.165) is 37.0 Å². The van der Waals surface area contributed by atoms with Crippen LogP contribution < -0.4 is 4.90 Å². The Morgan fingerprint density at radius 2 is 1.97 bits per heavy atom. The number of fused-ring (bicyclic) bond motifs is 2. The molecule has 29 heavy (non-hydrogen) atoms. The molecule has 2 fully saturated rings. The van der Waals surface area contributed by atoms with Gasteiger partial charge in [0.2, 0.25) is 5.95 Å².